The number of hydrogen-bond acceptors (Lipinski definition) is 7. The molecule has 135 valence electrons. The maximum Gasteiger partial charge on any atom is 2.00 e. The summed E-state index contributed by atoms with van der Waals surface area (Å²) < 4.78 is 0. The molecular formula is C16H15CuN3O5. The summed E-state index contributed by atoms with van der Waals surface area (Å²) in [7, 11) is 0. The van der Waals surface area contributed by atoms with Crippen LogP contribution in [0, 0.1) is 0 Å². The van der Waals surface area contributed by atoms with E-state index in [2.05, 4.69) is 39.6 Å². The van der Waals surface area contributed by atoms with Crippen LogP contribution in [0.15, 0.2) is 48.8 Å². The molecule has 0 aliphatic carbocycles. The smallest absolute Gasteiger partial charge is 0.549 e. The maximum atomic E-state index is 9.59. The van der Waals surface area contributed by atoms with E-state index in [0.717, 1.165) is 21.8 Å². The van der Waals surface area contributed by atoms with Crippen LogP contribution in [0.2, 0.25) is 0 Å². The molecule has 0 fully saturated rings. The SMILES string of the molecule is O.O=C([O-])CNCC(=O)[O-].[Cu+2].c1cnc2c(c1)ccc1cccnc12. The van der Waals surface area contributed by atoms with E-state index in [0.29, 0.717) is 0 Å². The number of nitrogens with zero attached hydrogens (tertiary/aromatic N) is 2. The van der Waals surface area contributed by atoms with Gasteiger partial charge in [0.1, 0.15) is 0 Å². The van der Waals surface area contributed by atoms with Crippen molar-refractivity contribution in [3.05, 3.63) is 48.8 Å². The Morgan fingerprint density at radius 2 is 1.24 bits per heavy atom. The summed E-state index contributed by atoms with van der Waals surface area (Å²) in [5, 5.41) is 23.5. The van der Waals surface area contributed by atoms with Crippen LogP contribution in [0.4, 0.5) is 0 Å². The Morgan fingerprint density at radius 3 is 1.60 bits per heavy atom. The van der Waals surface area contributed by atoms with Crippen LogP contribution >= 0.6 is 0 Å². The van der Waals surface area contributed by atoms with Crippen LogP contribution in [0.25, 0.3) is 21.8 Å². The number of carboxylic acids is 2. The second-order valence-corrected chi connectivity index (χ2v) is 4.56. The molecule has 0 unspecified atom stereocenters. The Hall–Kier alpha value is -2.58. The third-order valence-corrected chi connectivity index (χ3v) is 2.88. The van der Waals surface area contributed by atoms with Gasteiger partial charge in [-0.25, -0.2) is 0 Å². The van der Waals surface area contributed by atoms with Crippen LogP contribution in [-0.4, -0.2) is 40.5 Å². The quantitative estimate of drug-likeness (QED) is 0.399. The van der Waals surface area contributed by atoms with E-state index in [1.807, 2.05) is 12.1 Å². The molecule has 25 heavy (non-hydrogen) atoms. The molecule has 2 aromatic heterocycles. The molecule has 8 nitrogen and oxygen atoms in total. The molecule has 0 saturated heterocycles. The summed E-state index contributed by atoms with van der Waals surface area (Å²) >= 11 is 0. The summed E-state index contributed by atoms with van der Waals surface area (Å²) in [5.41, 5.74) is 1.95. The van der Waals surface area contributed by atoms with Crippen molar-refractivity contribution in [1.29, 1.82) is 0 Å². The van der Waals surface area contributed by atoms with Crippen molar-refractivity contribution in [2.24, 2.45) is 0 Å². The maximum absolute atomic E-state index is 9.59. The van der Waals surface area contributed by atoms with Gasteiger partial charge in [0, 0.05) is 36.3 Å². The van der Waals surface area contributed by atoms with Gasteiger partial charge < -0.3 is 30.6 Å². The zero-order valence-corrected chi connectivity index (χ0v) is 13.8. The van der Waals surface area contributed by atoms with Gasteiger partial charge in [-0.15, -0.1) is 0 Å². The molecule has 0 aliphatic rings. The monoisotopic (exact) mass is 392 g/mol. The normalized spacial score (nSPS) is 9.28. The fraction of sp³-hybridized carbons (Fsp3) is 0.125. The number of benzene rings is 1. The van der Waals surface area contributed by atoms with Crippen LogP contribution in [0.3, 0.4) is 0 Å². The van der Waals surface area contributed by atoms with E-state index in [9.17, 15) is 19.8 Å². The van der Waals surface area contributed by atoms with Gasteiger partial charge in [0.05, 0.1) is 23.0 Å². The summed E-state index contributed by atoms with van der Waals surface area (Å²) in [6.45, 7) is -0.929. The second kappa shape index (κ2) is 11.1. The number of aromatic nitrogens is 2. The Balaban J connectivity index is 0.000000469. The molecule has 1 radical (unpaired) electrons. The standard InChI is InChI=1S/C12H8N2.C4H7NO4.Cu.H2O/c1-3-9-5-6-10-4-2-8-14-12(10)11(9)13-7-1;6-3(7)1-5-2-4(8)9;;/h1-8H;5H,1-2H2,(H,6,7)(H,8,9);;1H2/q;;+2;/p-2. The largest absolute Gasteiger partial charge is 2.00 e. The fourth-order valence-electron chi connectivity index (χ4n) is 1.95. The number of fused-ring (bicyclic) bond motifs is 3. The van der Waals surface area contributed by atoms with Gasteiger partial charge in [0.15, 0.2) is 0 Å². The van der Waals surface area contributed by atoms with Crippen molar-refractivity contribution >= 4 is 33.7 Å². The predicted molar refractivity (Wildman–Crippen MR) is 83.5 cm³/mol. The molecule has 0 atom stereocenters. The van der Waals surface area contributed by atoms with E-state index >= 15 is 0 Å². The van der Waals surface area contributed by atoms with Crippen LogP contribution in [-0.2, 0) is 26.7 Å². The predicted octanol–water partition coefficient (Wildman–Crippen LogP) is -1.97. The minimum atomic E-state index is -1.34. The van der Waals surface area contributed by atoms with Gasteiger partial charge in [-0.3, -0.25) is 9.97 Å². The summed E-state index contributed by atoms with van der Waals surface area (Å²) in [4.78, 5) is 27.9. The number of carbonyl (C=O) groups is 2. The Labute approximate surface area is 153 Å². The summed E-state index contributed by atoms with van der Waals surface area (Å²) in [6.07, 6.45) is 3.60. The minimum absolute atomic E-state index is 0. The number of carbonyl (C=O) groups excluding carboxylic acids is 2. The van der Waals surface area contributed by atoms with Gasteiger partial charge in [0.2, 0.25) is 0 Å². The molecule has 1 aromatic carbocycles. The van der Waals surface area contributed by atoms with Crippen LogP contribution in [0.1, 0.15) is 0 Å². The van der Waals surface area contributed by atoms with Gasteiger partial charge >= 0.3 is 17.1 Å². The van der Waals surface area contributed by atoms with Gasteiger partial charge in [-0.05, 0) is 12.1 Å². The third-order valence-electron chi connectivity index (χ3n) is 2.88. The molecule has 9 heteroatoms. The molecule has 3 aromatic rings. The van der Waals surface area contributed by atoms with Gasteiger partial charge in [-0.1, -0.05) is 24.3 Å². The number of nitrogens with one attached hydrogen (secondary N) is 1. The molecule has 3 N–H and O–H groups in total. The first-order chi connectivity index (χ1) is 11.1. The topological polar surface area (TPSA) is 150 Å². The summed E-state index contributed by atoms with van der Waals surface area (Å²) in [6, 6.07) is 12.1. The fourth-order valence-corrected chi connectivity index (χ4v) is 1.95. The Bertz CT molecular complexity index is 775. The zero-order chi connectivity index (χ0) is 16.7. The number of pyridine rings is 2. The second-order valence-electron chi connectivity index (χ2n) is 4.56. The van der Waals surface area contributed by atoms with Crippen molar-refractivity contribution in [2.75, 3.05) is 13.1 Å². The van der Waals surface area contributed by atoms with E-state index in [4.69, 9.17) is 0 Å². The number of aliphatic carboxylic acids is 2. The molecule has 0 amide bonds. The first-order valence-electron chi connectivity index (χ1n) is 6.77. The average molecular weight is 393 g/mol. The van der Waals surface area contributed by atoms with Crippen LogP contribution < -0.4 is 15.5 Å². The van der Waals surface area contributed by atoms with Crippen molar-refractivity contribution in [1.82, 2.24) is 15.3 Å². The third kappa shape index (κ3) is 6.82. The minimum Gasteiger partial charge on any atom is -0.549 e. The van der Waals surface area contributed by atoms with Gasteiger partial charge in [-0.2, -0.15) is 0 Å². The van der Waals surface area contributed by atoms with Crippen molar-refractivity contribution in [2.45, 2.75) is 0 Å². The molecule has 2 heterocycles. The molecular weight excluding hydrogens is 378 g/mol. The number of hydrogen-bond donors (Lipinski definition) is 1. The van der Waals surface area contributed by atoms with E-state index < -0.39 is 25.0 Å². The average Bonchev–Trinajstić information content (AvgIpc) is 2.55. The number of rotatable bonds is 4. The van der Waals surface area contributed by atoms with Gasteiger partial charge in [0.25, 0.3) is 0 Å². The molecule has 3 rings (SSSR count). The first kappa shape index (κ1) is 22.4. The Kier molecular flexibility index (Phi) is 9.92. The summed E-state index contributed by atoms with van der Waals surface area (Å²) in [5.74, 6) is -2.67. The molecule has 0 aliphatic heterocycles. The van der Waals surface area contributed by atoms with Crippen molar-refractivity contribution in [3.8, 4) is 0 Å². The molecule has 0 bridgehead atoms. The molecule has 0 saturated carbocycles. The van der Waals surface area contributed by atoms with E-state index in [1.54, 1.807) is 12.4 Å². The van der Waals surface area contributed by atoms with Crippen molar-refractivity contribution in [3.63, 3.8) is 0 Å². The van der Waals surface area contributed by atoms with E-state index in [1.165, 1.54) is 0 Å². The van der Waals surface area contributed by atoms with Crippen LogP contribution in [0.5, 0.6) is 0 Å². The zero-order valence-electron chi connectivity index (χ0n) is 12.9. The Morgan fingerprint density at radius 1 is 0.840 bits per heavy atom. The van der Waals surface area contributed by atoms with E-state index in [-0.39, 0.29) is 22.5 Å². The first-order valence-corrected chi connectivity index (χ1v) is 6.77. The number of carboxylic acid groups (broad SMARTS) is 2. The molecule has 0 spiro atoms. The van der Waals surface area contributed by atoms with Crippen molar-refractivity contribution < 1.29 is 42.3 Å².